The van der Waals surface area contributed by atoms with Crippen molar-refractivity contribution in [1.29, 1.82) is 0 Å². The Morgan fingerprint density at radius 1 is 0.983 bits per heavy atom. The lowest BCUT2D eigenvalue weighted by atomic mass is 9.82. The number of alkyl halides is 2. The summed E-state index contributed by atoms with van der Waals surface area (Å²) in [5.41, 5.74) is 0.564. The molecule has 0 radical (unpaired) electrons. The van der Waals surface area contributed by atoms with Crippen LogP contribution in [0.1, 0.15) is 64.2 Å². The zero-order valence-corrected chi connectivity index (χ0v) is 32.9. The first-order chi connectivity index (χ1) is 28.3. The summed E-state index contributed by atoms with van der Waals surface area (Å²) in [5.74, 6) is -3.08. The van der Waals surface area contributed by atoms with Crippen LogP contribution in [0.4, 0.5) is 19.3 Å². The molecule has 1 amide bonds. The summed E-state index contributed by atoms with van der Waals surface area (Å²) in [4.78, 5) is 38.4. The first-order valence-corrected chi connectivity index (χ1v) is 19.5. The van der Waals surface area contributed by atoms with E-state index in [0.717, 1.165) is 56.1 Å². The highest BCUT2D eigenvalue weighted by molar-refractivity contribution is 6.35. The molecule has 0 spiro atoms. The molecule has 4 N–H and O–H groups in total. The number of nitrogens with zero attached hydrogens (tertiary/aromatic N) is 3. The zero-order valence-electron chi connectivity index (χ0n) is 31.4. The molecule has 2 bridgehead atoms. The number of pyridine rings is 1. The minimum Gasteiger partial charge on any atom is -0.619 e. The molecule has 59 heavy (non-hydrogen) atoms. The first kappa shape index (κ1) is 43.0. The number of phenols is 2. The second-order valence-electron chi connectivity index (χ2n) is 14.5. The number of carboxylic acid groups (broad SMARTS) is 2. The van der Waals surface area contributed by atoms with E-state index in [4.69, 9.17) is 47.3 Å². The predicted molar refractivity (Wildman–Crippen MR) is 210 cm³/mol. The quantitative estimate of drug-likeness (QED) is 0.0557. The summed E-state index contributed by atoms with van der Waals surface area (Å²) in [7, 11) is 0. The van der Waals surface area contributed by atoms with Gasteiger partial charge in [-0.25, -0.2) is 9.59 Å². The Balaban J connectivity index is 0.00000189. The summed E-state index contributed by atoms with van der Waals surface area (Å²) in [6.45, 7) is -1.29. The highest BCUT2D eigenvalue weighted by atomic mass is 35.5. The van der Waals surface area contributed by atoms with E-state index in [1.807, 2.05) is 0 Å². The van der Waals surface area contributed by atoms with Crippen LogP contribution in [0.15, 0.2) is 67.0 Å². The van der Waals surface area contributed by atoms with E-state index in [-0.39, 0.29) is 75.4 Å². The predicted octanol–water partition coefficient (Wildman–Crippen LogP) is 7.44. The SMILES string of the molecule is O=C(O)c1ccc([C@@H](Cc2c(Cl)c[n+]([O-])cc2Cl)c2ccc(OC(F)F)c(OCC3CC3)c2)c(CN(C(=O)O[C@H]2CN3CCC2CC3)c2ccccc2O)c1O.O=CO. The van der Waals surface area contributed by atoms with Crippen LogP contribution >= 0.6 is 23.2 Å². The third-order valence-corrected chi connectivity index (χ3v) is 11.4. The average Bonchev–Trinajstić information content (AvgIpc) is 4.03. The number of piperidine rings is 3. The maximum atomic E-state index is 14.3. The largest absolute Gasteiger partial charge is 0.619 e. The minimum absolute atomic E-state index is 0.00483. The Kier molecular flexibility index (Phi) is 13.8. The molecule has 4 aliphatic rings. The van der Waals surface area contributed by atoms with Crippen LogP contribution in [0.5, 0.6) is 23.0 Å². The Morgan fingerprint density at radius 3 is 2.25 bits per heavy atom. The number of benzene rings is 3. The topological polar surface area (TPSA) is 193 Å². The number of rotatable bonds is 14. The standard InChI is InChI=1S/C40H39Cl2F2N3O9.CH2O2/c41-30-18-46(53)19-31(42)28(30)16-27(24-7-10-34(55-39(43)44)35(15-24)54-21-22-5-6-22)25-8-9-26(38(50)51)37(49)29(25)17-47(32-3-1-2-4-33(32)48)40(52)56-36-20-45-13-11-23(36)12-14-45;2-1-3/h1-4,7-10,15,18-19,22-23,27,36,39,48-49H,5-6,11-14,16-17,20-21H2,(H,50,51);1H,(H,2,3)/t27-,36-;/m0./s1. The number of aromatic carboxylic acids is 1. The molecular weight excluding hydrogens is 819 g/mol. The van der Waals surface area contributed by atoms with Crippen molar-refractivity contribution in [2.24, 2.45) is 11.8 Å². The zero-order chi connectivity index (χ0) is 42.4. The van der Waals surface area contributed by atoms with Crippen LogP contribution in [-0.4, -0.2) is 82.8 Å². The number of aromatic hydroxyl groups is 2. The fourth-order valence-corrected chi connectivity index (χ4v) is 8.13. The number of carbonyl (C=O) groups excluding carboxylic acids is 1. The molecule has 0 unspecified atom stereocenters. The molecule has 4 heterocycles. The number of halogens is 4. The smallest absolute Gasteiger partial charge is 0.415 e. The molecule has 3 aliphatic heterocycles. The number of amides is 1. The van der Waals surface area contributed by atoms with E-state index in [2.05, 4.69) is 4.90 Å². The third-order valence-electron chi connectivity index (χ3n) is 10.7. The number of fused-ring (bicyclic) bond motifs is 3. The van der Waals surface area contributed by atoms with Gasteiger partial charge in [0.1, 0.15) is 33.2 Å². The Labute approximate surface area is 347 Å². The van der Waals surface area contributed by atoms with Crippen LogP contribution in [0.2, 0.25) is 10.0 Å². The molecule has 14 nitrogen and oxygen atoms in total. The number of para-hydroxylation sites is 2. The van der Waals surface area contributed by atoms with E-state index < -0.39 is 48.6 Å². The van der Waals surface area contributed by atoms with E-state index in [1.54, 1.807) is 12.1 Å². The fraction of sp³-hybridized carbons (Fsp3) is 0.366. The number of phenolic OH excluding ortho intramolecular Hbond substituents is 1. The number of anilines is 1. The van der Waals surface area contributed by atoms with Gasteiger partial charge in [-0.15, -0.1) is 0 Å². The van der Waals surface area contributed by atoms with Crippen molar-refractivity contribution in [3.05, 3.63) is 110 Å². The number of ether oxygens (including phenoxy) is 3. The number of hydrogen-bond donors (Lipinski definition) is 4. The molecule has 1 aliphatic carbocycles. The molecule has 314 valence electrons. The van der Waals surface area contributed by atoms with E-state index in [0.29, 0.717) is 22.4 Å². The highest BCUT2D eigenvalue weighted by Gasteiger charge is 2.38. The lowest BCUT2D eigenvalue weighted by Gasteiger charge is -2.44. The van der Waals surface area contributed by atoms with Crippen LogP contribution in [0, 0.1) is 17.0 Å². The van der Waals surface area contributed by atoms with Gasteiger partial charge in [0.05, 0.1) is 18.8 Å². The van der Waals surface area contributed by atoms with Crippen LogP contribution in [-0.2, 0) is 22.5 Å². The van der Waals surface area contributed by atoms with Gasteiger partial charge in [-0.2, -0.15) is 13.5 Å². The van der Waals surface area contributed by atoms with Gasteiger partial charge in [0.15, 0.2) is 23.9 Å². The molecule has 4 aromatic rings. The lowest BCUT2D eigenvalue weighted by molar-refractivity contribution is -0.605. The average molecular weight is 861 g/mol. The van der Waals surface area contributed by atoms with Gasteiger partial charge in [-0.1, -0.05) is 47.5 Å². The molecule has 8 rings (SSSR count). The third kappa shape index (κ3) is 10.4. The minimum atomic E-state index is -3.14. The van der Waals surface area contributed by atoms with Gasteiger partial charge in [-0.3, -0.25) is 14.6 Å². The summed E-state index contributed by atoms with van der Waals surface area (Å²) in [6, 6.07) is 13.1. The van der Waals surface area contributed by atoms with Gasteiger partial charge >= 0.3 is 18.7 Å². The maximum Gasteiger partial charge on any atom is 0.415 e. The molecule has 1 saturated carbocycles. The van der Waals surface area contributed by atoms with Crippen LogP contribution < -0.4 is 19.1 Å². The van der Waals surface area contributed by atoms with Crippen molar-refractivity contribution in [3.63, 3.8) is 0 Å². The number of hydrogen-bond acceptors (Lipinski definition) is 10. The van der Waals surface area contributed by atoms with Crippen molar-refractivity contribution in [1.82, 2.24) is 4.90 Å². The van der Waals surface area contributed by atoms with E-state index >= 15 is 0 Å². The van der Waals surface area contributed by atoms with Crippen LogP contribution in [0.3, 0.4) is 0 Å². The second-order valence-corrected chi connectivity index (χ2v) is 15.3. The molecule has 1 aromatic heterocycles. The van der Waals surface area contributed by atoms with Crippen molar-refractivity contribution in [3.8, 4) is 23.0 Å². The summed E-state index contributed by atoms with van der Waals surface area (Å²) < 4.78 is 44.3. The van der Waals surface area contributed by atoms with E-state index in [9.17, 15) is 38.9 Å². The Bertz CT molecular complexity index is 2150. The molecular formula is C41H41Cl2F2N3O11. The normalized spacial score (nSPS) is 18.6. The molecule has 4 fully saturated rings. The van der Waals surface area contributed by atoms with Gasteiger partial charge in [-0.05, 0) is 98.5 Å². The molecule has 2 atom stereocenters. The van der Waals surface area contributed by atoms with Crippen molar-refractivity contribution in [2.75, 3.05) is 31.1 Å². The number of carbonyl (C=O) groups is 3. The first-order valence-electron chi connectivity index (χ1n) is 18.7. The van der Waals surface area contributed by atoms with Gasteiger partial charge in [0, 0.05) is 23.6 Å². The van der Waals surface area contributed by atoms with Crippen molar-refractivity contribution < 1.29 is 62.5 Å². The monoisotopic (exact) mass is 859 g/mol. The second kappa shape index (κ2) is 19.0. The lowest BCUT2D eigenvalue weighted by Crippen LogP contribution is -2.53. The van der Waals surface area contributed by atoms with E-state index in [1.165, 1.54) is 42.5 Å². The molecule has 3 aromatic carbocycles. The highest BCUT2D eigenvalue weighted by Crippen LogP contribution is 2.44. The van der Waals surface area contributed by atoms with Crippen LogP contribution in [0.25, 0.3) is 0 Å². The fourth-order valence-electron chi connectivity index (χ4n) is 7.53. The summed E-state index contributed by atoms with van der Waals surface area (Å²) >= 11 is 13.2. The number of aromatic nitrogens is 1. The van der Waals surface area contributed by atoms with Gasteiger partial charge in [0.25, 0.3) is 6.47 Å². The Hall–Kier alpha value is -5.58. The molecule has 18 heteroatoms. The number of carboxylic acids is 1. The van der Waals surface area contributed by atoms with Crippen molar-refractivity contribution in [2.45, 2.75) is 57.3 Å². The van der Waals surface area contributed by atoms with Crippen molar-refractivity contribution >= 4 is 47.4 Å². The summed E-state index contributed by atoms with van der Waals surface area (Å²) in [5, 5.41) is 52.1. The summed E-state index contributed by atoms with van der Waals surface area (Å²) in [6.07, 6.45) is 4.45. The maximum absolute atomic E-state index is 14.3. The molecule has 3 saturated heterocycles. The van der Waals surface area contributed by atoms with Gasteiger partial charge in [0.2, 0.25) is 0 Å². The van der Waals surface area contributed by atoms with Gasteiger partial charge < -0.3 is 39.8 Å². The Morgan fingerprint density at radius 2 is 1.66 bits per heavy atom.